The third-order valence-corrected chi connectivity index (χ3v) is 6.19. The molecule has 0 spiro atoms. The molecule has 6 rings (SSSR count). The molecule has 2 unspecified atom stereocenters. The number of aryl methyl sites for hydroxylation is 2. The predicted molar refractivity (Wildman–Crippen MR) is 123 cm³/mol. The van der Waals surface area contributed by atoms with Gasteiger partial charge in [0.25, 0.3) is 0 Å². The largest absolute Gasteiger partial charge is 0.275 e. The summed E-state index contributed by atoms with van der Waals surface area (Å²) in [7, 11) is 0. The van der Waals surface area contributed by atoms with Crippen LogP contribution in [-0.4, -0.2) is 23.3 Å². The van der Waals surface area contributed by atoms with Gasteiger partial charge in [-0.1, -0.05) is 77.9 Å². The molecule has 0 fully saturated rings. The number of hydrogen-bond donors (Lipinski definition) is 0. The van der Waals surface area contributed by atoms with Gasteiger partial charge in [-0.3, -0.25) is 4.99 Å². The number of benzene rings is 3. The zero-order valence-electron chi connectivity index (χ0n) is 17.0. The molecule has 2 atom stereocenters. The zero-order valence-corrected chi connectivity index (χ0v) is 17.0. The Morgan fingerprint density at radius 1 is 0.700 bits per heavy atom. The lowest BCUT2D eigenvalue weighted by Crippen LogP contribution is -2.36. The van der Waals surface area contributed by atoms with Crippen LogP contribution in [0, 0.1) is 13.8 Å². The molecular formula is C27H21N3. The van der Waals surface area contributed by atoms with Crippen molar-refractivity contribution in [2.75, 3.05) is 0 Å². The molecule has 3 aliphatic rings. The van der Waals surface area contributed by atoms with Gasteiger partial charge in [-0.15, -0.1) is 0 Å². The summed E-state index contributed by atoms with van der Waals surface area (Å²) in [5, 5.41) is 0. The highest BCUT2D eigenvalue weighted by molar-refractivity contribution is 6.25. The minimum atomic E-state index is 0.0331. The fraction of sp³-hybridized carbons (Fsp3) is 0.148. The molecule has 0 bridgehead atoms. The van der Waals surface area contributed by atoms with Gasteiger partial charge in [0, 0.05) is 28.5 Å². The molecule has 0 saturated heterocycles. The lowest BCUT2D eigenvalue weighted by Gasteiger charge is -2.36. The fourth-order valence-electron chi connectivity index (χ4n) is 4.65. The van der Waals surface area contributed by atoms with Crippen LogP contribution in [0.4, 0.5) is 0 Å². The van der Waals surface area contributed by atoms with Crippen LogP contribution >= 0.6 is 0 Å². The summed E-state index contributed by atoms with van der Waals surface area (Å²) in [6, 6.07) is 23.8. The van der Waals surface area contributed by atoms with Crippen LogP contribution in [0.3, 0.4) is 0 Å². The quantitative estimate of drug-likeness (QED) is 0.566. The monoisotopic (exact) mass is 387 g/mol. The van der Waals surface area contributed by atoms with Gasteiger partial charge in [-0.25, -0.2) is 9.98 Å². The first-order chi connectivity index (χ1) is 14.7. The van der Waals surface area contributed by atoms with E-state index in [0.717, 1.165) is 28.4 Å². The Kier molecular flexibility index (Phi) is 3.72. The van der Waals surface area contributed by atoms with E-state index < -0.39 is 0 Å². The van der Waals surface area contributed by atoms with E-state index in [1.807, 2.05) is 6.20 Å². The molecule has 30 heavy (non-hydrogen) atoms. The second-order valence-electron chi connectivity index (χ2n) is 8.23. The molecule has 0 aromatic heterocycles. The van der Waals surface area contributed by atoms with Crippen molar-refractivity contribution in [3.63, 3.8) is 0 Å². The van der Waals surface area contributed by atoms with Gasteiger partial charge in [0.15, 0.2) is 0 Å². The van der Waals surface area contributed by atoms with Crippen LogP contribution in [0.1, 0.15) is 44.9 Å². The van der Waals surface area contributed by atoms with Crippen molar-refractivity contribution in [3.8, 4) is 0 Å². The van der Waals surface area contributed by atoms with Gasteiger partial charge in [0.1, 0.15) is 5.84 Å². The lowest BCUT2D eigenvalue weighted by atomic mass is 9.75. The maximum atomic E-state index is 5.16. The molecule has 3 aromatic carbocycles. The number of aliphatic imine (C=N–C) groups is 3. The van der Waals surface area contributed by atoms with E-state index in [1.54, 1.807) is 0 Å². The van der Waals surface area contributed by atoms with Crippen molar-refractivity contribution in [3.05, 3.63) is 118 Å². The number of rotatable bonds is 2. The predicted octanol–water partition coefficient (Wildman–Crippen LogP) is 5.38. The van der Waals surface area contributed by atoms with Crippen LogP contribution in [0.25, 0.3) is 0 Å². The molecule has 0 N–H and O–H groups in total. The molecule has 3 heteroatoms. The van der Waals surface area contributed by atoms with Crippen molar-refractivity contribution in [2.24, 2.45) is 15.0 Å². The van der Waals surface area contributed by atoms with Gasteiger partial charge in [-0.05, 0) is 25.5 Å². The molecule has 0 saturated carbocycles. The summed E-state index contributed by atoms with van der Waals surface area (Å²) in [5.74, 6) is 0.953. The third kappa shape index (κ3) is 2.55. The lowest BCUT2D eigenvalue weighted by molar-refractivity contribution is 0.718. The Balaban J connectivity index is 1.60. The van der Waals surface area contributed by atoms with Gasteiger partial charge in [0.05, 0.1) is 23.4 Å². The summed E-state index contributed by atoms with van der Waals surface area (Å²) in [6.07, 6.45) is 3.97. The normalized spacial score (nSPS) is 20.8. The highest BCUT2D eigenvalue weighted by Gasteiger charge is 2.40. The maximum Gasteiger partial charge on any atom is 0.138 e. The Labute approximate surface area is 176 Å². The average molecular weight is 387 g/mol. The van der Waals surface area contributed by atoms with Crippen LogP contribution in [-0.2, 0) is 0 Å². The van der Waals surface area contributed by atoms with Gasteiger partial charge in [-0.2, -0.15) is 0 Å². The molecule has 0 amide bonds. The van der Waals surface area contributed by atoms with E-state index >= 15 is 0 Å². The second-order valence-corrected chi connectivity index (χ2v) is 8.23. The SMILES string of the molecule is Cc1ccc(C2=NC3=NC=CC4N=C(c5ccc(C)cc5)c5cccc2c5C34)cc1. The summed E-state index contributed by atoms with van der Waals surface area (Å²) in [5.41, 5.74) is 10.5. The van der Waals surface area contributed by atoms with E-state index in [9.17, 15) is 0 Å². The third-order valence-electron chi connectivity index (χ3n) is 6.19. The molecule has 3 nitrogen and oxygen atoms in total. The summed E-state index contributed by atoms with van der Waals surface area (Å²) in [6.45, 7) is 4.22. The Bertz CT molecular complexity index is 1290. The molecule has 0 aliphatic carbocycles. The molecule has 0 radical (unpaired) electrons. The van der Waals surface area contributed by atoms with E-state index in [1.165, 1.54) is 27.8 Å². The van der Waals surface area contributed by atoms with E-state index in [0.29, 0.717) is 0 Å². The molecule has 3 aromatic rings. The fourth-order valence-corrected chi connectivity index (χ4v) is 4.65. The number of amidine groups is 1. The molecular weight excluding hydrogens is 366 g/mol. The van der Waals surface area contributed by atoms with Crippen molar-refractivity contribution in [2.45, 2.75) is 25.8 Å². The highest BCUT2D eigenvalue weighted by Crippen LogP contribution is 2.41. The smallest absolute Gasteiger partial charge is 0.138 e. The van der Waals surface area contributed by atoms with Crippen LogP contribution in [0.5, 0.6) is 0 Å². The Morgan fingerprint density at radius 2 is 1.30 bits per heavy atom. The van der Waals surface area contributed by atoms with Gasteiger partial charge in [0.2, 0.25) is 0 Å². The maximum absolute atomic E-state index is 5.16. The molecule has 3 aliphatic heterocycles. The first-order valence-corrected chi connectivity index (χ1v) is 10.4. The first kappa shape index (κ1) is 17.3. The average Bonchev–Trinajstić information content (AvgIpc) is 2.78. The zero-order chi connectivity index (χ0) is 20.2. The summed E-state index contributed by atoms with van der Waals surface area (Å²) < 4.78 is 0. The van der Waals surface area contributed by atoms with Crippen LogP contribution in [0.2, 0.25) is 0 Å². The standard InChI is InChI=1S/C27H21N3/c1-16-6-10-18(11-7-16)25-20-4-3-5-21-23(20)24-22(29-25)14-15-28-27(24)30-26(21)19-12-8-17(2)9-13-19/h3-15,22,24H,1-2H3. The van der Waals surface area contributed by atoms with Crippen molar-refractivity contribution < 1.29 is 0 Å². The van der Waals surface area contributed by atoms with Gasteiger partial charge >= 0.3 is 0 Å². The first-order valence-electron chi connectivity index (χ1n) is 10.4. The Morgan fingerprint density at radius 3 is 1.97 bits per heavy atom. The van der Waals surface area contributed by atoms with E-state index in [2.05, 4.69) is 91.6 Å². The highest BCUT2D eigenvalue weighted by atomic mass is 15.0. The van der Waals surface area contributed by atoms with Crippen molar-refractivity contribution in [1.82, 2.24) is 0 Å². The second kappa shape index (κ2) is 6.46. The van der Waals surface area contributed by atoms with Crippen molar-refractivity contribution in [1.29, 1.82) is 0 Å². The van der Waals surface area contributed by atoms with Crippen molar-refractivity contribution >= 4 is 17.3 Å². The minimum absolute atomic E-state index is 0.0331. The topological polar surface area (TPSA) is 37.1 Å². The number of hydrogen-bond acceptors (Lipinski definition) is 3. The number of nitrogens with zero attached hydrogens (tertiary/aromatic N) is 3. The van der Waals surface area contributed by atoms with E-state index in [-0.39, 0.29) is 12.0 Å². The van der Waals surface area contributed by atoms with Crippen LogP contribution < -0.4 is 0 Å². The summed E-state index contributed by atoms with van der Waals surface area (Å²) in [4.78, 5) is 14.8. The summed E-state index contributed by atoms with van der Waals surface area (Å²) >= 11 is 0. The molecule has 3 heterocycles. The minimum Gasteiger partial charge on any atom is -0.275 e. The van der Waals surface area contributed by atoms with Crippen LogP contribution in [0.15, 0.2) is 94.0 Å². The molecule has 144 valence electrons. The van der Waals surface area contributed by atoms with Gasteiger partial charge < -0.3 is 0 Å². The Hall–Kier alpha value is -3.59. The van der Waals surface area contributed by atoms with E-state index in [4.69, 9.17) is 9.98 Å².